The fourth-order valence-corrected chi connectivity index (χ4v) is 5.67. The maximum absolute atomic E-state index is 6.27. The predicted molar refractivity (Wildman–Crippen MR) is 128 cm³/mol. The Morgan fingerprint density at radius 2 is 0.844 bits per heavy atom. The summed E-state index contributed by atoms with van der Waals surface area (Å²) >= 11 is 24.9. The minimum atomic E-state index is -0.00434. The lowest BCUT2D eigenvalue weighted by Crippen LogP contribution is -2.41. The smallest absolute Gasteiger partial charge is 0.223 e. The molecule has 2 heterocycles. The molecule has 0 atom stereocenters. The highest BCUT2D eigenvalue weighted by atomic mass is 35.5. The van der Waals surface area contributed by atoms with E-state index in [9.17, 15) is 0 Å². The van der Waals surface area contributed by atoms with Crippen LogP contribution in [-0.4, -0.2) is 19.9 Å². The minimum Gasteiger partial charge on any atom is -0.223 e. The van der Waals surface area contributed by atoms with Gasteiger partial charge >= 0.3 is 0 Å². The fourth-order valence-electron chi connectivity index (χ4n) is 4.82. The van der Waals surface area contributed by atoms with Gasteiger partial charge in [0.15, 0.2) is 0 Å². The highest BCUT2D eigenvalue weighted by Gasteiger charge is 2.54. The Morgan fingerprint density at radius 1 is 0.469 bits per heavy atom. The summed E-state index contributed by atoms with van der Waals surface area (Å²) < 4.78 is 0. The maximum atomic E-state index is 6.27. The van der Waals surface area contributed by atoms with E-state index in [4.69, 9.17) is 46.4 Å². The Balaban J connectivity index is 1.72. The zero-order valence-electron chi connectivity index (χ0n) is 16.5. The molecule has 1 aliphatic rings. The van der Waals surface area contributed by atoms with Crippen LogP contribution in [0.25, 0.3) is 0 Å². The van der Waals surface area contributed by atoms with Crippen molar-refractivity contribution in [1.82, 2.24) is 19.9 Å². The topological polar surface area (TPSA) is 51.6 Å². The molecule has 2 aromatic carbocycles. The first-order valence-corrected chi connectivity index (χ1v) is 11.5. The van der Waals surface area contributed by atoms with Crippen molar-refractivity contribution in [1.29, 1.82) is 0 Å². The summed E-state index contributed by atoms with van der Waals surface area (Å²) in [4.78, 5) is 17.2. The molecule has 0 amide bonds. The van der Waals surface area contributed by atoms with E-state index in [0.29, 0.717) is 10.3 Å². The van der Waals surface area contributed by atoms with Crippen molar-refractivity contribution in [2.75, 3.05) is 0 Å². The zero-order chi connectivity index (χ0) is 22.2. The molecule has 1 fully saturated rings. The molecule has 0 bridgehead atoms. The molecule has 0 radical (unpaired) electrons. The maximum Gasteiger partial charge on any atom is 0.224 e. The molecule has 0 saturated heterocycles. The van der Waals surface area contributed by atoms with Crippen LogP contribution in [0.2, 0.25) is 20.9 Å². The lowest BCUT2D eigenvalue weighted by molar-refractivity contribution is 0.220. The van der Waals surface area contributed by atoms with E-state index < -0.39 is 0 Å². The summed E-state index contributed by atoms with van der Waals surface area (Å²) in [5, 5.41) is 0.885. The van der Waals surface area contributed by atoms with Crippen molar-refractivity contribution in [3.63, 3.8) is 0 Å². The van der Waals surface area contributed by atoms with Gasteiger partial charge in [-0.3, -0.25) is 0 Å². The number of hydrogen-bond acceptors (Lipinski definition) is 4. The zero-order valence-corrected chi connectivity index (χ0v) is 19.6. The second-order valence-electron chi connectivity index (χ2n) is 7.69. The molecule has 0 N–H and O–H groups in total. The summed E-state index contributed by atoms with van der Waals surface area (Å²) in [6, 6.07) is 24.1. The van der Waals surface area contributed by atoms with E-state index in [-0.39, 0.29) is 34.2 Å². The van der Waals surface area contributed by atoms with E-state index in [2.05, 4.69) is 44.2 Å². The summed E-state index contributed by atoms with van der Waals surface area (Å²) in [5.41, 5.74) is 3.90. The number of halogens is 4. The van der Waals surface area contributed by atoms with Crippen molar-refractivity contribution < 1.29 is 0 Å². The van der Waals surface area contributed by atoms with Gasteiger partial charge in [-0.05, 0) is 46.5 Å². The third-order valence-corrected chi connectivity index (χ3v) is 6.70. The molecule has 0 spiro atoms. The lowest BCUT2D eigenvalue weighted by Gasteiger charge is -2.52. The van der Waals surface area contributed by atoms with Gasteiger partial charge in [-0.2, -0.15) is 0 Å². The van der Waals surface area contributed by atoms with E-state index in [0.717, 1.165) is 22.5 Å². The van der Waals surface area contributed by atoms with Crippen LogP contribution < -0.4 is 0 Å². The Morgan fingerprint density at radius 3 is 1.19 bits per heavy atom. The van der Waals surface area contributed by atoms with Gasteiger partial charge in [-0.25, -0.2) is 19.9 Å². The van der Waals surface area contributed by atoms with E-state index in [1.54, 1.807) is 12.1 Å². The Hall–Kier alpha value is -2.24. The van der Waals surface area contributed by atoms with Gasteiger partial charge in [0.05, 0.1) is 11.4 Å². The quantitative estimate of drug-likeness (QED) is 0.217. The van der Waals surface area contributed by atoms with Crippen LogP contribution in [0.15, 0.2) is 72.8 Å². The molecule has 4 aromatic rings. The second kappa shape index (κ2) is 8.95. The first-order chi connectivity index (χ1) is 15.5. The van der Waals surface area contributed by atoms with Crippen LogP contribution in [0.4, 0.5) is 0 Å². The largest absolute Gasteiger partial charge is 0.224 e. The summed E-state index contributed by atoms with van der Waals surface area (Å²) in [6.07, 6.45) is 0. The van der Waals surface area contributed by atoms with Crippen LogP contribution in [0.5, 0.6) is 0 Å². The third kappa shape index (κ3) is 4.08. The normalized spacial score (nSPS) is 22.4. The summed E-state index contributed by atoms with van der Waals surface area (Å²) in [6.45, 7) is 0. The third-order valence-electron chi connectivity index (χ3n) is 5.97. The molecule has 0 aliphatic heterocycles. The molecule has 1 saturated carbocycles. The van der Waals surface area contributed by atoms with Crippen molar-refractivity contribution >= 4 is 46.4 Å². The Kier molecular flexibility index (Phi) is 6.04. The average Bonchev–Trinajstić information content (AvgIpc) is 2.73. The summed E-state index contributed by atoms with van der Waals surface area (Å²) in [5.74, 6) is 0.0848. The summed E-state index contributed by atoms with van der Waals surface area (Å²) in [7, 11) is 0. The predicted octanol–water partition coefficient (Wildman–Crippen LogP) is 7.33. The van der Waals surface area contributed by atoms with Gasteiger partial charge < -0.3 is 0 Å². The van der Waals surface area contributed by atoms with Gasteiger partial charge in [0.1, 0.15) is 10.3 Å². The van der Waals surface area contributed by atoms with Gasteiger partial charge in [-0.15, -0.1) is 0 Å². The number of benzene rings is 2. The first kappa shape index (κ1) is 21.6. The first-order valence-electron chi connectivity index (χ1n) is 10.0. The molecular formula is C24H16Cl4N4. The van der Waals surface area contributed by atoms with Crippen LogP contribution in [0, 0.1) is 0 Å². The molecule has 160 valence electrons. The van der Waals surface area contributed by atoms with E-state index >= 15 is 0 Å². The highest BCUT2D eigenvalue weighted by Crippen LogP contribution is 2.66. The number of rotatable bonds is 4. The molecule has 4 nitrogen and oxygen atoms in total. The number of nitrogens with zero attached hydrogens (tertiary/aromatic N) is 4. The van der Waals surface area contributed by atoms with Crippen molar-refractivity contribution in [2.45, 2.75) is 23.7 Å². The minimum absolute atomic E-state index is 0.00434. The van der Waals surface area contributed by atoms with Crippen molar-refractivity contribution in [3.8, 4) is 0 Å². The van der Waals surface area contributed by atoms with Crippen LogP contribution in [-0.2, 0) is 0 Å². The Labute approximate surface area is 205 Å². The van der Waals surface area contributed by atoms with Crippen LogP contribution >= 0.6 is 46.4 Å². The van der Waals surface area contributed by atoms with Gasteiger partial charge in [0, 0.05) is 23.7 Å². The van der Waals surface area contributed by atoms with E-state index in [1.807, 2.05) is 36.4 Å². The van der Waals surface area contributed by atoms with Crippen molar-refractivity contribution in [2.24, 2.45) is 0 Å². The molecule has 2 aromatic heterocycles. The van der Waals surface area contributed by atoms with Gasteiger partial charge in [0.2, 0.25) is 10.6 Å². The molecule has 8 heteroatoms. The SMILES string of the molecule is Clc1cc([C@H]2[C@H](c3ccccc3)[C@@H](c3cc(Cl)nc(Cl)n3)[C@@H]2c2ccccc2)nc(Cl)n1. The Bertz CT molecular complexity index is 1110. The highest BCUT2D eigenvalue weighted by molar-refractivity contribution is 6.32. The fraction of sp³-hybridized carbons (Fsp3) is 0.167. The monoisotopic (exact) mass is 500 g/mol. The average molecular weight is 502 g/mol. The molecular weight excluding hydrogens is 486 g/mol. The molecule has 1 aliphatic carbocycles. The number of aromatic nitrogens is 4. The molecule has 5 rings (SSSR count). The van der Waals surface area contributed by atoms with E-state index in [1.165, 1.54) is 0 Å². The second-order valence-corrected chi connectivity index (χ2v) is 9.14. The number of hydrogen-bond donors (Lipinski definition) is 0. The van der Waals surface area contributed by atoms with Gasteiger partial charge in [0.25, 0.3) is 0 Å². The lowest BCUT2D eigenvalue weighted by atomic mass is 9.50. The van der Waals surface area contributed by atoms with Gasteiger partial charge in [-0.1, -0.05) is 83.9 Å². The van der Waals surface area contributed by atoms with Crippen LogP contribution in [0.3, 0.4) is 0 Å². The van der Waals surface area contributed by atoms with Crippen LogP contribution in [0.1, 0.15) is 46.2 Å². The standard InChI is InChI=1S/C24H16Cl4N4/c25-17-11-15(29-23(27)31-17)21-19(13-7-3-1-4-8-13)22(16-12-18(26)32-24(28)30-16)20(21)14-9-5-2-6-10-14/h1-12,19-22H/t19-,20+,21-,22+. The molecule has 0 unspecified atom stereocenters. The molecule has 32 heavy (non-hydrogen) atoms. The van der Waals surface area contributed by atoms with Crippen molar-refractivity contribution in [3.05, 3.63) is 116 Å².